The molecule has 1 radical (unpaired) electrons. The van der Waals surface area contributed by atoms with Crippen LogP contribution in [0.4, 0.5) is 0 Å². The highest BCUT2D eigenvalue weighted by atomic mass is 16.7. The molecule has 1 aliphatic rings. The van der Waals surface area contributed by atoms with Crippen molar-refractivity contribution in [3.8, 4) is 0 Å². The second kappa shape index (κ2) is 5.12. The Hall–Kier alpha value is -0.870. The zero-order chi connectivity index (χ0) is 9.64. The van der Waals surface area contributed by atoms with E-state index in [0.29, 0.717) is 6.61 Å². The molecule has 0 N–H and O–H groups in total. The van der Waals surface area contributed by atoms with Crippen LogP contribution < -0.4 is 0 Å². The van der Waals surface area contributed by atoms with Gasteiger partial charge in [0.2, 0.25) is 0 Å². The Morgan fingerprint density at radius 1 is 1.57 bits per heavy atom. The maximum atomic E-state index is 5.56. The summed E-state index contributed by atoms with van der Waals surface area (Å²) in [6.45, 7) is 2.25. The van der Waals surface area contributed by atoms with Gasteiger partial charge in [0, 0.05) is 18.9 Å². The van der Waals surface area contributed by atoms with Crippen LogP contribution in [0.25, 0.3) is 0 Å². The van der Waals surface area contributed by atoms with Crippen molar-refractivity contribution in [1.29, 1.82) is 0 Å². The molecule has 1 unspecified atom stereocenters. The first-order valence-corrected chi connectivity index (χ1v) is 5.07. The molecule has 0 aliphatic carbocycles. The van der Waals surface area contributed by atoms with Crippen LogP contribution in [0.3, 0.4) is 0 Å². The highest BCUT2D eigenvalue weighted by Gasteiger charge is 2.13. The van der Waals surface area contributed by atoms with Crippen molar-refractivity contribution in [2.45, 2.75) is 32.1 Å². The van der Waals surface area contributed by atoms with Crippen LogP contribution in [0.1, 0.15) is 19.3 Å². The molecule has 1 aromatic rings. The average Bonchev–Trinajstić information content (AvgIpc) is 2.72. The molecule has 1 atom stereocenters. The fourth-order valence-electron chi connectivity index (χ4n) is 1.50. The van der Waals surface area contributed by atoms with E-state index >= 15 is 0 Å². The fraction of sp³-hybridized carbons (Fsp3) is 0.700. The maximum Gasteiger partial charge on any atom is 0.157 e. The van der Waals surface area contributed by atoms with E-state index in [0.717, 1.165) is 26.0 Å². The third-order valence-electron chi connectivity index (χ3n) is 2.27. The number of hydrogen-bond donors (Lipinski definition) is 0. The summed E-state index contributed by atoms with van der Waals surface area (Å²) in [5.74, 6) is 0. The fourth-order valence-corrected chi connectivity index (χ4v) is 1.50. The lowest BCUT2D eigenvalue weighted by Crippen LogP contribution is -2.24. The molecule has 1 fully saturated rings. The Morgan fingerprint density at radius 2 is 2.57 bits per heavy atom. The van der Waals surface area contributed by atoms with Crippen LogP contribution in [-0.2, 0) is 16.0 Å². The van der Waals surface area contributed by atoms with Gasteiger partial charge in [0.15, 0.2) is 6.29 Å². The minimum absolute atomic E-state index is 0.00305. The summed E-state index contributed by atoms with van der Waals surface area (Å²) in [6, 6.07) is 2.88. The molecule has 0 amide bonds. The lowest BCUT2D eigenvalue weighted by Gasteiger charge is -2.22. The topological polar surface area (TPSA) is 36.3 Å². The van der Waals surface area contributed by atoms with Gasteiger partial charge in [-0.1, -0.05) is 0 Å². The van der Waals surface area contributed by atoms with Crippen LogP contribution >= 0.6 is 0 Å². The molecule has 1 aliphatic heterocycles. The maximum absolute atomic E-state index is 5.56. The van der Waals surface area contributed by atoms with Crippen molar-refractivity contribution in [3.05, 3.63) is 18.5 Å². The second-order valence-corrected chi connectivity index (χ2v) is 3.37. The summed E-state index contributed by atoms with van der Waals surface area (Å²) in [5.41, 5.74) is 0. The molecule has 1 saturated heterocycles. The first-order valence-electron chi connectivity index (χ1n) is 5.07. The van der Waals surface area contributed by atoms with Crippen LogP contribution in [0.2, 0.25) is 0 Å². The SMILES string of the molecule is [c]1cnn(CCOC2CCCCO2)c1. The zero-order valence-electron chi connectivity index (χ0n) is 8.19. The highest BCUT2D eigenvalue weighted by Crippen LogP contribution is 2.13. The van der Waals surface area contributed by atoms with Gasteiger partial charge in [-0.05, 0) is 19.3 Å². The van der Waals surface area contributed by atoms with Crippen molar-refractivity contribution in [2.24, 2.45) is 0 Å². The van der Waals surface area contributed by atoms with E-state index in [1.807, 2.05) is 10.9 Å². The largest absolute Gasteiger partial charge is 0.353 e. The summed E-state index contributed by atoms with van der Waals surface area (Å²) in [7, 11) is 0. The lowest BCUT2D eigenvalue weighted by atomic mass is 10.2. The summed E-state index contributed by atoms with van der Waals surface area (Å²) >= 11 is 0. The summed E-state index contributed by atoms with van der Waals surface area (Å²) in [4.78, 5) is 0. The molecule has 1 aromatic heterocycles. The number of ether oxygens (including phenoxy) is 2. The molecule has 2 heterocycles. The van der Waals surface area contributed by atoms with E-state index in [4.69, 9.17) is 9.47 Å². The molecule has 77 valence electrons. The number of nitrogens with zero attached hydrogens (tertiary/aromatic N) is 2. The van der Waals surface area contributed by atoms with Gasteiger partial charge in [-0.2, -0.15) is 5.10 Å². The monoisotopic (exact) mass is 195 g/mol. The van der Waals surface area contributed by atoms with Crippen LogP contribution in [0, 0.1) is 6.07 Å². The van der Waals surface area contributed by atoms with Gasteiger partial charge in [-0.25, -0.2) is 0 Å². The Bertz CT molecular complexity index is 243. The molecule has 4 heteroatoms. The molecule has 0 aromatic carbocycles. The minimum Gasteiger partial charge on any atom is -0.353 e. The minimum atomic E-state index is 0.00305. The molecule has 2 rings (SSSR count). The van der Waals surface area contributed by atoms with E-state index in [9.17, 15) is 0 Å². The molecule has 0 spiro atoms. The van der Waals surface area contributed by atoms with E-state index in [2.05, 4.69) is 11.2 Å². The van der Waals surface area contributed by atoms with E-state index < -0.39 is 0 Å². The normalized spacial score (nSPS) is 22.4. The molecular weight excluding hydrogens is 180 g/mol. The van der Waals surface area contributed by atoms with E-state index in [-0.39, 0.29) is 6.29 Å². The van der Waals surface area contributed by atoms with Crippen molar-refractivity contribution in [1.82, 2.24) is 9.78 Å². The first kappa shape index (κ1) is 9.68. The zero-order valence-corrected chi connectivity index (χ0v) is 8.19. The predicted molar refractivity (Wildman–Crippen MR) is 50.6 cm³/mol. The smallest absolute Gasteiger partial charge is 0.157 e. The van der Waals surface area contributed by atoms with E-state index in [1.165, 1.54) is 6.42 Å². The second-order valence-electron chi connectivity index (χ2n) is 3.37. The third kappa shape index (κ3) is 2.82. The number of aromatic nitrogens is 2. The van der Waals surface area contributed by atoms with Crippen LogP contribution in [0.15, 0.2) is 12.4 Å². The van der Waals surface area contributed by atoms with Gasteiger partial charge in [-0.3, -0.25) is 4.68 Å². The van der Waals surface area contributed by atoms with Gasteiger partial charge >= 0.3 is 0 Å². The van der Waals surface area contributed by atoms with Gasteiger partial charge in [-0.15, -0.1) is 0 Å². The summed E-state index contributed by atoms with van der Waals surface area (Å²) in [5, 5.41) is 4.04. The third-order valence-corrected chi connectivity index (χ3v) is 2.27. The van der Waals surface area contributed by atoms with Gasteiger partial charge < -0.3 is 9.47 Å². The average molecular weight is 195 g/mol. The number of hydrogen-bond acceptors (Lipinski definition) is 3. The van der Waals surface area contributed by atoms with Crippen LogP contribution in [0.5, 0.6) is 0 Å². The van der Waals surface area contributed by atoms with Gasteiger partial charge in [0.05, 0.1) is 19.3 Å². The van der Waals surface area contributed by atoms with Crippen molar-refractivity contribution >= 4 is 0 Å². The quantitative estimate of drug-likeness (QED) is 0.725. The van der Waals surface area contributed by atoms with Gasteiger partial charge in [0.1, 0.15) is 0 Å². The number of rotatable bonds is 4. The molecule has 4 nitrogen and oxygen atoms in total. The summed E-state index contributed by atoms with van der Waals surface area (Å²) < 4.78 is 12.8. The van der Waals surface area contributed by atoms with Gasteiger partial charge in [0.25, 0.3) is 0 Å². The Labute approximate surface area is 83.8 Å². The molecule has 0 saturated carbocycles. The summed E-state index contributed by atoms with van der Waals surface area (Å²) in [6.07, 6.45) is 6.85. The van der Waals surface area contributed by atoms with E-state index in [1.54, 1.807) is 6.20 Å². The van der Waals surface area contributed by atoms with Crippen LogP contribution in [-0.4, -0.2) is 29.3 Å². The van der Waals surface area contributed by atoms with Crippen molar-refractivity contribution in [3.63, 3.8) is 0 Å². The highest BCUT2D eigenvalue weighted by molar-refractivity contribution is 4.74. The molecular formula is C10H15N2O2. The standard InChI is InChI=1S/C10H15N2O2/c1-2-8-13-10(4-1)14-9-7-12-6-3-5-11-12/h5-6,10H,1-2,4,7-9H2. The molecule has 0 bridgehead atoms. The Morgan fingerprint density at radius 3 is 3.29 bits per heavy atom. The first-order chi connectivity index (χ1) is 6.95. The lowest BCUT2D eigenvalue weighted by molar-refractivity contribution is -0.163. The Kier molecular flexibility index (Phi) is 3.54. The van der Waals surface area contributed by atoms with Crippen molar-refractivity contribution in [2.75, 3.05) is 13.2 Å². The van der Waals surface area contributed by atoms with Crippen molar-refractivity contribution < 1.29 is 9.47 Å². The predicted octanol–water partition coefficient (Wildman–Crippen LogP) is 1.23. The molecule has 14 heavy (non-hydrogen) atoms. The Balaban J connectivity index is 1.62.